The summed E-state index contributed by atoms with van der Waals surface area (Å²) in [5.74, 6) is 0. The fourth-order valence-corrected chi connectivity index (χ4v) is 1.94. The first-order chi connectivity index (χ1) is 7.58. The Balaban J connectivity index is 2.59. The third-order valence-electron chi connectivity index (χ3n) is 2.75. The van der Waals surface area contributed by atoms with Crippen molar-refractivity contribution in [1.82, 2.24) is 0 Å². The molecule has 0 aliphatic heterocycles. The summed E-state index contributed by atoms with van der Waals surface area (Å²) in [7, 11) is 0. The van der Waals surface area contributed by atoms with Gasteiger partial charge in [0, 0.05) is 16.9 Å². The molecule has 2 nitrogen and oxygen atoms in total. The molecule has 0 aliphatic rings. The van der Waals surface area contributed by atoms with Gasteiger partial charge in [-0.3, -0.25) is 0 Å². The van der Waals surface area contributed by atoms with Crippen LogP contribution in [0.3, 0.4) is 0 Å². The molecule has 0 saturated heterocycles. The number of nitrogen functional groups attached to an aromatic ring is 2. The standard InChI is InChI=1S/C14H16N2/c1-9-3-5-12(10(2)7-9)13-6-4-11(15)8-14(13)16/h3-8H,15-16H2,1-2H3. The van der Waals surface area contributed by atoms with E-state index in [2.05, 4.69) is 32.0 Å². The second kappa shape index (κ2) is 3.89. The lowest BCUT2D eigenvalue weighted by atomic mass is 9.97. The highest BCUT2D eigenvalue weighted by molar-refractivity contribution is 5.80. The number of benzene rings is 2. The first-order valence-corrected chi connectivity index (χ1v) is 5.30. The number of nitrogens with two attached hydrogens (primary N) is 2. The van der Waals surface area contributed by atoms with Gasteiger partial charge < -0.3 is 11.5 Å². The van der Waals surface area contributed by atoms with E-state index in [4.69, 9.17) is 11.5 Å². The van der Waals surface area contributed by atoms with E-state index in [1.807, 2.05) is 12.1 Å². The number of aryl methyl sites for hydroxylation is 2. The smallest absolute Gasteiger partial charge is 0.0414 e. The van der Waals surface area contributed by atoms with Gasteiger partial charge in [0.2, 0.25) is 0 Å². The molecular formula is C14H16N2. The summed E-state index contributed by atoms with van der Waals surface area (Å²) in [6, 6.07) is 12.0. The van der Waals surface area contributed by atoms with E-state index in [1.165, 1.54) is 16.7 Å². The highest BCUT2D eigenvalue weighted by Gasteiger charge is 2.05. The molecule has 4 N–H and O–H groups in total. The van der Waals surface area contributed by atoms with Crippen LogP contribution in [0.2, 0.25) is 0 Å². The zero-order valence-electron chi connectivity index (χ0n) is 9.62. The van der Waals surface area contributed by atoms with Crippen molar-refractivity contribution >= 4 is 11.4 Å². The summed E-state index contributed by atoms with van der Waals surface area (Å²) < 4.78 is 0. The largest absolute Gasteiger partial charge is 0.399 e. The van der Waals surface area contributed by atoms with E-state index in [9.17, 15) is 0 Å². The molecule has 0 amide bonds. The van der Waals surface area contributed by atoms with Crippen LogP contribution in [0.1, 0.15) is 11.1 Å². The molecule has 2 rings (SSSR count). The quantitative estimate of drug-likeness (QED) is 0.713. The number of hydrogen-bond donors (Lipinski definition) is 2. The highest BCUT2D eigenvalue weighted by Crippen LogP contribution is 2.30. The predicted molar refractivity (Wildman–Crippen MR) is 70.2 cm³/mol. The van der Waals surface area contributed by atoms with Crippen LogP contribution in [0.25, 0.3) is 11.1 Å². The zero-order valence-corrected chi connectivity index (χ0v) is 9.62. The molecule has 0 heterocycles. The van der Waals surface area contributed by atoms with Gasteiger partial charge in [-0.1, -0.05) is 29.8 Å². The van der Waals surface area contributed by atoms with Crippen LogP contribution < -0.4 is 11.5 Å². The Kier molecular flexibility index (Phi) is 2.57. The van der Waals surface area contributed by atoms with E-state index >= 15 is 0 Å². The molecule has 0 unspecified atom stereocenters. The fraction of sp³-hybridized carbons (Fsp3) is 0.143. The number of rotatable bonds is 1. The average molecular weight is 212 g/mol. The Morgan fingerprint density at radius 3 is 2.12 bits per heavy atom. The van der Waals surface area contributed by atoms with Gasteiger partial charge in [-0.2, -0.15) is 0 Å². The Labute approximate surface area is 95.9 Å². The first-order valence-electron chi connectivity index (χ1n) is 5.30. The Bertz CT molecular complexity index is 481. The molecule has 0 atom stereocenters. The average Bonchev–Trinajstić information content (AvgIpc) is 2.19. The van der Waals surface area contributed by atoms with Crippen LogP contribution in [0.15, 0.2) is 36.4 Å². The van der Waals surface area contributed by atoms with Crippen LogP contribution in [-0.4, -0.2) is 0 Å². The summed E-state index contributed by atoms with van der Waals surface area (Å²) in [5.41, 5.74) is 17.8. The van der Waals surface area contributed by atoms with Crippen molar-refractivity contribution in [2.75, 3.05) is 11.5 Å². The van der Waals surface area contributed by atoms with Crippen molar-refractivity contribution in [1.29, 1.82) is 0 Å². The lowest BCUT2D eigenvalue weighted by Crippen LogP contribution is -1.94. The summed E-state index contributed by atoms with van der Waals surface area (Å²) in [4.78, 5) is 0. The summed E-state index contributed by atoms with van der Waals surface area (Å²) in [6.07, 6.45) is 0. The predicted octanol–water partition coefficient (Wildman–Crippen LogP) is 3.13. The van der Waals surface area contributed by atoms with Crippen molar-refractivity contribution in [2.24, 2.45) is 0 Å². The van der Waals surface area contributed by atoms with E-state index < -0.39 is 0 Å². The summed E-state index contributed by atoms with van der Waals surface area (Å²) >= 11 is 0. The fourth-order valence-electron chi connectivity index (χ4n) is 1.94. The van der Waals surface area contributed by atoms with Crippen molar-refractivity contribution in [3.8, 4) is 11.1 Å². The van der Waals surface area contributed by atoms with Gasteiger partial charge >= 0.3 is 0 Å². The van der Waals surface area contributed by atoms with Gasteiger partial charge in [-0.15, -0.1) is 0 Å². The molecular weight excluding hydrogens is 196 g/mol. The van der Waals surface area contributed by atoms with Gasteiger partial charge in [0.15, 0.2) is 0 Å². The van der Waals surface area contributed by atoms with Gasteiger partial charge in [-0.25, -0.2) is 0 Å². The van der Waals surface area contributed by atoms with Gasteiger partial charge in [0.1, 0.15) is 0 Å². The van der Waals surface area contributed by atoms with Crippen LogP contribution in [0.4, 0.5) is 11.4 Å². The van der Waals surface area contributed by atoms with Crippen LogP contribution in [-0.2, 0) is 0 Å². The van der Waals surface area contributed by atoms with Crippen molar-refractivity contribution in [3.05, 3.63) is 47.5 Å². The van der Waals surface area contributed by atoms with E-state index in [1.54, 1.807) is 6.07 Å². The van der Waals surface area contributed by atoms with Gasteiger partial charge in [-0.05, 0) is 37.1 Å². The topological polar surface area (TPSA) is 52.0 Å². The molecule has 0 fully saturated rings. The Morgan fingerprint density at radius 1 is 0.812 bits per heavy atom. The molecule has 2 aromatic carbocycles. The maximum absolute atomic E-state index is 5.98. The normalized spacial score (nSPS) is 10.4. The van der Waals surface area contributed by atoms with E-state index in [0.29, 0.717) is 5.69 Å². The number of hydrogen-bond acceptors (Lipinski definition) is 2. The second-order valence-corrected chi connectivity index (χ2v) is 4.17. The number of anilines is 2. The molecule has 0 aromatic heterocycles. The maximum Gasteiger partial charge on any atom is 0.0414 e. The van der Waals surface area contributed by atoms with Crippen molar-refractivity contribution in [2.45, 2.75) is 13.8 Å². The third-order valence-corrected chi connectivity index (χ3v) is 2.75. The monoisotopic (exact) mass is 212 g/mol. The minimum atomic E-state index is 0.700. The Hall–Kier alpha value is -1.96. The maximum atomic E-state index is 5.98. The molecule has 2 heteroatoms. The lowest BCUT2D eigenvalue weighted by Gasteiger charge is -2.10. The van der Waals surface area contributed by atoms with Gasteiger partial charge in [0.05, 0.1) is 0 Å². The summed E-state index contributed by atoms with van der Waals surface area (Å²) in [6.45, 7) is 4.18. The minimum absolute atomic E-state index is 0.700. The van der Waals surface area contributed by atoms with Crippen LogP contribution >= 0.6 is 0 Å². The molecule has 16 heavy (non-hydrogen) atoms. The first kappa shape index (κ1) is 10.6. The Morgan fingerprint density at radius 2 is 1.50 bits per heavy atom. The summed E-state index contributed by atoms with van der Waals surface area (Å²) in [5, 5.41) is 0. The zero-order chi connectivity index (χ0) is 11.7. The van der Waals surface area contributed by atoms with Gasteiger partial charge in [0.25, 0.3) is 0 Å². The molecule has 0 saturated carbocycles. The second-order valence-electron chi connectivity index (χ2n) is 4.17. The molecule has 0 radical (unpaired) electrons. The van der Waals surface area contributed by atoms with Crippen molar-refractivity contribution in [3.63, 3.8) is 0 Å². The minimum Gasteiger partial charge on any atom is -0.399 e. The van der Waals surface area contributed by atoms with E-state index in [-0.39, 0.29) is 0 Å². The molecule has 0 aliphatic carbocycles. The SMILES string of the molecule is Cc1ccc(-c2ccc(N)cc2N)c(C)c1. The molecule has 2 aromatic rings. The van der Waals surface area contributed by atoms with Crippen LogP contribution in [0.5, 0.6) is 0 Å². The van der Waals surface area contributed by atoms with E-state index in [0.717, 1.165) is 11.3 Å². The lowest BCUT2D eigenvalue weighted by molar-refractivity contribution is 1.38. The molecule has 82 valence electrons. The molecule has 0 spiro atoms. The van der Waals surface area contributed by atoms with Crippen molar-refractivity contribution < 1.29 is 0 Å². The molecule has 0 bridgehead atoms. The third kappa shape index (κ3) is 1.87. The van der Waals surface area contributed by atoms with Crippen LogP contribution in [0, 0.1) is 13.8 Å². The highest BCUT2D eigenvalue weighted by atomic mass is 14.6.